The third-order valence-electron chi connectivity index (χ3n) is 23.8. The number of benzene rings is 16. The van der Waals surface area contributed by atoms with Crippen molar-refractivity contribution >= 4 is 67.8 Å². The van der Waals surface area contributed by atoms with E-state index in [4.69, 9.17) is 74.5 Å². The second kappa shape index (κ2) is 36.0. The first-order chi connectivity index (χ1) is 69.0. The molecule has 23 rings (SSSR count). The van der Waals surface area contributed by atoms with Gasteiger partial charge in [-0.25, -0.2) is 49.8 Å². The van der Waals surface area contributed by atoms with Crippen LogP contribution in [0.1, 0.15) is 41.4 Å². The molecule has 0 atom stereocenters. The lowest BCUT2D eigenvalue weighted by atomic mass is 9.78. The maximum atomic E-state index is 8.99. The molecule has 132 heavy (non-hydrogen) atoms. The Bertz CT molecular complexity index is 8440. The minimum atomic E-state index is -0.707. The van der Waals surface area contributed by atoms with Gasteiger partial charge in [0.1, 0.15) is 0 Å². The van der Waals surface area contributed by atoms with Crippen LogP contribution in [-0.4, -0.2) is 77.3 Å². The van der Waals surface area contributed by atoms with E-state index in [1.54, 1.807) is 0 Å². The Morgan fingerprint density at radius 2 is 0.538 bits per heavy atom. The van der Waals surface area contributed by atoms with E-state index < -0.39 is 78.7 Å². The Morgan fingerprint density at radius 1 is 0.242 bits per heavy atom. The van der Waals surface area contributed by atoms with E-state index in [1.165, 1.54) is 0 Å². The first-order valence-corrected chi connectivity index (χ1v) is 43.6. The topological polar surface area (TPSA) is 157 Å². The van der Waals surface area contributed by atoms with E-state index in [0.717, 1.165) is 128 Å². The molecule has 0 amide bonds. The Balaban J connectivity index is 0.000000143. The summed E-state index contributed by atoms with van der Waals surface area (Å²) in [6.07, 6.45) is 0. The maximum Gasteiger partial charge on any atom is 0.494 e. The van der Waals surface area contributed by atoms with Gasteiger partial charge in [-0.1, -0.05) is 370 Å². The number of para-hydroxylation sites is 2. The summed E-state index contributed by atoms with van der Waals surface area (Å²) in [6, 6.07) is 120. The van der Waals surface area contributed by atoms with Crippen molar-refractivity contribution in [3.05, 3.63) is 442 Å². The van der Waals surface area contributed by atoms with Crippen LogP contribution >= 0.6 is 11.6 Å². The van der Waals surface area contributed by atoms with Gasteiger partial charge >= 0.3 is 7.12 Å². The summed E-state index contributed by atoms with van der Waals surface area (Å²) in [6.45, 7) is 8.04. The normalized spacial score (nSPS) is 13.7. The average molecular weight is 1730 g/mol. The lowest BCUT2D eigenvalue weighted by Gasteiger charge is -2.32. The fourth-order valence-corrected chi connectivity index (χ4v) is 16.8. The number of fused-ring (bicyclic) bond motifs is 6. The second-order valence-corrected chi connectivity index (χ2v) is 33.0. The quantitative estimate of drug-likeness (QED) is 0.0667. The highest BCUT2D eigenvalue weighted by molar-refractivity contribution is 6.62. The van der Waals surface area contributed by atoms with Crippen molar-refractivity contribution in [2.75, 3.05) is 0 Å². The fraction of sp³-hybridized carbons (Fsp3) is 0.0517. The number of halogens is 1. The monoisotopic (exact) mass is 1730 g/mol. The molecule has 1 aliphatic rings. The van der Waals surface area contributed by atoms with Crippen molar-refractivity contribution in [2.45, 2.75) is 38.9 Å². The molecule has 16 aromatic carbocycles. The zero-order chi connectivity index (χ0) is 97.8. The van der Waals surface area contributed by atoms with Crippen LogP contribution in [-0.2, 0) is 9.31 Å². The van der Waals surface area contributed by atoms with Crippen LogP contribution in [0.5, 0.6) is 0 Å². The predicted octanol–water partition coefficient (Wildman–Crippen LogP) is 27.8. The zero-order valence-corrected chi connectivity index (χ0v) is 72.7. The third kappa shape index (κ3) is 16.8. The summed E-state index contributed by atoms with van der Waals surface area (Å²) in [5, 5.41) is 4.49. The molecular weight excluding hydrogens is 1640 g/mol. The molecule has 0 N–H and O–H groups in total. The van der Waals surface area contributed by atoms with E-state index in [9.17, 15) is 0 Å². The van der Waals surface area contributed by atoms with Crippen LogP contribution in [0.15, 0.2) is 437 Å². The van der Waals surface area contributed by atoms with Crippen molar-refractivity contribution in [3.63, 3.8) is 0 Å². The summed E-state index contributed by atoms with van der Waals surface area (Å²) < 4.78 is 104. The molecule has 16 heteroatoms. The molecule has 0 spiro atoms. The number of hydrogen-bond donors (Lipinski definition) is 0. The Kier molecular flexibility index (Phi) is 19.5. The predicted molar refractivity (Wildman–Crippen MR) is 537 cm³/mol. The molecule has 0 unspecified atom stereocenters. The minimum absolute atomic E-state index is 0.0450. The second-order valence-electron chi connectivity index (χ2n) is 32.7. The van der Waals surface area contributed by atoms with Crippen LogP contribution in [0, 0.1) is 0 Å². The van der Waals surface area contributed by atoms with Crippen LogP contribution < -0.4 is 5.46 Å². The number of nitrogens with zero attached hydrogens (tertiary/aromatic N) is 12. The van der Waals surface area contributed by atoms with Gasteiger partial charge in [0, 0.05) is 82.7 Å². The summed E-state index contributed by atoms with van der Waals surface area (Å²) in [7, 11) is -0.707. The maximum absolute atomic E-state index is 8.99. The summed E-state index contributed by atoms with van der Waals surface area (Å²) in [5.41, 5.74) is 19.1. The molecule has 7 heterocycles. The summed E-state index contributed by atoms with van der Waals surface area (Å²) in [5.74, 6) is 1.37. The highest BCUT2D eigenvalue weighted by atomic mass is 35.5. The van der Waals surface area contributed by atoms with Gasteiger partial charge in [0.05, 0.1) is 81.1 Å². The van der Waals surface area contributed by atoms with Gasteiger partial charge in [0.25, 0.3) is 0 Å². The minimum Gasteiger partial charge on any atom is -0.399 e. The molecule has 0 bridgehead atoms. The van der Waals surface area contributed by atoms with Crippen molar-refractivity contribution in [1.82, 2.24) is 59.0 Å². The highest BCUT2D eigenvalue weighted by Gasteiger charge is 2.52. The Morgan fingerprint density at radius 3 is 0.924 bits per heavy atom. The first-order valence-electron chi connectivity index (χ1n) is 48.2. The van der Waals surface area contributed by atoms with Crippen LogP contribution in [0.2, 0.25) is 5.28 Å². The van der Waals surface area contributed by atoms with Crippen LogP contribution in [0.4, 0.5) is 0 Å². The molecule has 6 aromatic heterocycles. The van der Waals surface area contributed by atoms with Gasteiger partial charge in [0.15, 0.2) is 40.8 Å². The number of hydrogen-bond acceptors (Lipinski definition) is 12. The summed E-state index contributed by atoms with van der Waals surface area (Å²) >= 11 is 6.03. The third-order valence-corrected chi connectivity index (χ3v) is 24.0. The molecule has 22 aromatic rings. The van der Waals surface area contributed by atoms with Crippen molar-refractivity contribution in [3.8, 4) is 158 Å². The largest absolute Gasteiger partial charge is 0.494 e. The van der Waals surface area contributed by atoms with Crippen LogP contribution in [0.25, 0.3) is 202 Å². The molecule has 14 nitrogen and oxygen atoms in total. The van der Waals surface area contributed by atoms with E-state index in [2.05, 4.69) is 104 Å². The fourth-order valence-electron chi connectivity index (χ4n) is 16.6. The lowest BCUT2D eigenvalue weighted by Crippen LogP contribution is -2.41. The Labute approximate surface area is 784 Å². The van der Waals surface area contributed by atoms with Gasteiger partial charge in [0.2, 0.25) is 5.28 Å². The van der Waals surface area contributed by atoms with E-state index in [0.29, 0.717) is 33.6 Å². The molecule has 1 saturated heterocycles. The smallest absolute Gasteiger partial charge is 0.399 e. The molecule has 0 aliphatic carbocycles. The molecule has 1 aliphatic heterocycles. The van der Waals surface area contributed by atoms with E-state index in [1.807, 2.05) is 319 Å². The number of aromatic nitrogens is 12. The molecular formula is C116H84BClN12O2. The van der Waals surface area contributed by atoms with Crippen molar-refractivity contribution < 1.29 is 23.0 Å². The summed E-state index contributed by atoms with van der Waals surface area (Å²) in [4.78, 5) is 48.7. The van der Waals surface area contributed by atoms with Gasteiger partial charge in [-0.2, -0.15) is 0 Å². The van der Waals surface area contributed by atoms with Gasteiger partial charge < -0.3 is 18.4 Å². The van der Waals surface area contributed by atoms with Crippen molar-refractivity contribution in [2.24, 2.45) is 0 Å². The molecule has 1 fully saturated rings. The van der Waals surface area contributed by atoms with Gasteiger partial charge in [-0.05, 0) is 134 Å². The molecule has 0 saturated carbocycles. The molecule has 630 valence electrons. The number of rotatable bonds is 16. The zero-order valence-electron chi connectivity index (χ0n) is 81.9. The average Bonchev–Trinajstić information content (AvgIpc) is 1.56. The van der Waals surface area contributed by atoms with E-state index >= 15 is 0 Å². The first kappa shape index (κ1) is 71.6. The molecule has 0 radical (unpaired) electrons. The highest BCUT2D eigenvalue weighted by Crippen LogP contribution is 2.44. The SMILES string of the molecule is Clc1nc(-c2ccccc2)cc(-c2ccccc2)n1.[2H]c1c([2H])c([2H])c(-c2nc(-c3ccccc3)nc(-c3cc(-c4nc(-c5ccccc5)cc(-c5ccccc5)n4)ccc3-n3c4ccccc4c4ccc(-c5ccccc5)cc43)n2)c([2H])c1[2H].[2H]c1c([2H])c([2H])c(-c2nc(-c3ccccc3)nc(-c3cc(B4OC(C)(C)C(C)(C)O4)ccc3-n3c4ccccc4c4ccc(-c5ccccc5)cc43)n2)c([2H])c1[2H]. The standard InChI is InChI=1S/C55H36N6.C45H37BN4O2.C16H11ClN2/c1-6-18-37(19-7-1)42-30-32-45-44-28-16-17-29-49(44)61(51(45)35-42)50-33-31-43(54-56-47(38-20-8-2-9-21-38)36-48(57-54)39-22-10-3-11-23-39)34-46(50)55-59-52(40-24-12-4-13-25-40)58-53(60-55)41-26-14-5-15-27-41;1-44(2)45(3,4)52-46(51-44)34-25-27-39(50-38-23-15-14-22-35(38)36-26-24-33(28-40(36)50)30-16-8-5-9-17-30)37(29-34)43-48-41(31-18-10-6-11-19-31)47-42(49-43)32-20-12-7-13-21-32;17-16-18-14(12-7-3-1-4-8-12)11-15(19-16)13-9-5-2-6-10-13/h1-36H;5-29H,1-4H3;1-11H/i4D,12D,13D,24D,25D;6D,10D,11D,18D,19D;. The van der Waals surface area contributed by atoms with Crippen LogP contribution in [0.3, 0.4) is 0 Å². The lowest BCUT2D eigenvalue weighted by molar-refractivity contribution is 0.00578. The van der Waals surface area contributed by atoms with Gasteiger partial charge in [-0.3, -0.25) is 0 Å². The van der Waals surface area contributed by atoms with Gasteiger partial charge in [-0.15, -0.1) is 0 Å². The Hall–Kier alpha value is -16.4. The van der Waals surface area contributed by atoms with Crippen molar-refractivity contribution in [1.29, 1.82) is 0 Å². The van der Waals surface area contributed by atoms with E-state index in [-0.39, 0.29) is 51.4 Å².